The van der Waals surface area contributed by atoms with E-state index in [1.807, 2.05) is 0 Å². The van der Waals surface area contributed by atoms with Crippen molar-refractivity contribution >= 4 is 17.9 Å². The van der Waals surface area contributed by atoms with Gasteiger partial charge in [-0.05, 0) is 122 Å². The van der Waals surface area contributed by atoms with Crippen LogP contribution in [0.4, 0.5) is 0 Å². The Morgan fingerprint density at radius 1 is 0.266 bits per heavy atom. The number of rotatable bonds is 58. The van der Waals surface area contributed by atoms with Gasteiger partial charge in [-0.1, -0.05) is 283 Å². The lowest BCUT2D eigenvalue weighted by Crippen LogP contribution is -2.30. The van der Waals surface area contributed by atoms with Crippen molar-refractivity contribution in [1.29, 1.82) is 0 Å². The summed E-state index contributed by atoms with van der Waals surface area (Å²) in [7, 11) is 0. The first-order valence-electron chi connectivity index (χ1n) is 32.7. The van der Waals surface area contributed by atoms with Crippen LogP contribution in [0.2, 0.25) is 0 Å². The molecule has 0 aliphatic rings. The zero-order valence-electron chi connectivity index (χ0n) is 51.3. The van der Waals surface area contributed by atoms with Crippen LogP contribution in [0, 0.1) is 0 Å². The molecule has 0 spiro atoms. The summed E-state index contributed by atoms with van der Waals surface area (Å²) < 4.78 is 16.7. The van der Waals surface area contributed by atoms with Crippen LogP contribution in [0.25, 0.3) is 0 Å². The van der Waals surface area contributed by atoms with Gasteiger partial charge in [-0.3, -0.25) is 14.4 Å². The largest absolute Gasteiger partial charge is 0.462 e. The molecule has 0 aromatic carbocycles. The minimum Gasteiger partial charge on any atom is -0.462 e. The lowest BCUT2D eigenvalue weighted by molar-refractivity contribution is -0.167. The van der Waals surface area contributed by atoms with Crippen LogP contribution in [0.15, 0.2) is 134 Å². The Morgan fingerprint density at radius 3 is 0.810 bits per heavy atom. The van der Waals surface area contributed by atoms with E-state index in [4.69, 9.17) is 14.2 Å². The van der Waals surface area contributed by atoms with Gasteiger partial charge in [-0.15, -0.1) is 0 Å². The van der Waals surface area contributed by atoms with E-state index >= 15 is 0 Å². The van der Waals surface area contributed by atoms with E-state index in [1.165, 1.54) is 116 Å². The van der Waals surface area contributed by atoms with Crippen molar-refractivity contribution in [3.05, 3.63) is 134 Å². The van der Waals surface area contributed by atoms with E-state index in [0.717, 1.165) is 128 Å². The van der Waals surface area contributed by atoms with E-state index in [2.05, 4.69) is 154 Å². The smallest absolute Gasteiger partial charge is 0.306 e. The molecule has 79 heavy (non-hydrogen) atoms. The Labute approximate surface area is 487 Å². The molecule has 0 radical (unpaired) electrons. The van der Waals surface area contributed by atoms with Crippen molar-refractivity contribution in [3.63, 3.8) is 0 Å². The number of carbonyl (C=O) groups excluding carboxylic acids is 3. The average molecular weight is 1090 g/mol. The summed E-state index contributed by atoms with van der Waals surface area (Å²) >= 11 is 0. The van der Waals surface area contributed by atoms with Gasteiger partial charge in [-0.25, -0.2) is 0 Å². The van der Waals surface area contributed by atoms with Crippen molar-refractivity contribution < 1.29 is 28.6 Å². The molecule has 0 aliphatic carbocycles. The maximum absolute atomic E-state index is 12.8. The summed E-state index contributed by atoms with van der Waals surface area (Å²) in [6.07, 6.45) is 93.7. The molecule has 0 amide bonds. The molecule has 0 heterocycles. The van der Waals surface area contributed by atoms with Gasteiger partial charge in [0.05, 0.1) is 0 Å². The number of ether oxygens (including phenoxy) is 3. The van der Waals surface area contributed by atoms with E-state index in [-0.39, 0.29) is 31.1 Å². The van der Waals surface area contributed by atoms with Crippen LogP contribution < -0.4 is 0 Å². The second kappa shape index (κ2) is 66.1. The fourth-order valence-electron chi connectivity index (χ4n) is 8.76. The summed E-state index contributed by atoms with van der Waals surface area (Å²) in [6.45, 7) is 6.41. The highest BCUT2D eigenvalue weighted by atomic mass is 16.6. The van der Waals surface area contributed by atoms with Crippen LogP contribution in [0.1, 0.15) is 290 Å². The zero-order chi connectivity index (χ0) is 57.1. The molecule has 0 bridgehead atoms. The van der Waals surface area contributed by atoms with Crippen LogP contribution in [-0.2, 0) is 28.6 Å². The molecule has 0 aromatic rings. The van der Waals surface area contributed by atoms with Gasteiger partial charge in [0, 0.05) is 19.3 Å². The second-order valence-corrected chi connectivity index (χ2v) is 21.3. The maximum Gasteiger partial charge on any atom is 0.306 e. The molecule has 0 saturated carbocycles. The maximum atomic E-state index is 12.8. The van der Waals surface area contributed by atoms with Gasteiger partial charge in [0.15, 0.2) is 6.10 Å². The molecule has 0 fully saturated rings. The Kier molecular flexibility index (Phi) is 62.3. The molecule has 6 heteroatoms. The quantitative estimate of drug-likeness (QED) is 0.0261. The second-order valence-electron chi connectivity index (χ2n) is 21.3. The highest BCUT2D eigenvalue weighted by molar-refractivity contribution is 5.71. The minimum atomic E-state index is -0.797. The lowest BCUT2D eigenvalue weighted by Gasteiger charge is -2.18. The van der Waals surface area contributed by atoms with Crippen LogP contribution in [-0.4, -0.2) is 37.2 Å². The van der Waals surface area contributed by atoms with Crippen LogP contribution in [0.5, 0.6) is 0 Å². The number of esters is 3. The first-order valence-corrected chi connectivity index (χ1v) is 32.7. The molecule has 448 valence electrons. The highest BCUT2D eigenvalue weighted by Gasteiger charge is 2.19. The molecular formula is C73H120O6. The SMILES string of the molecule is CC/C=C\C/C=C\C/C=C\C/C=C\C/C=C\C/C=C\C/C=C\C/C=C\C/C=C\C/C=C\CCCCC(=O)OCC(COC(=O)CCCCCCC)OC(=O)CCCCCCCCCCCCC/C=C\CCCCCCCCCC. The Hall–Kier alpha value is -4.45. The van der Waals surface area contributed by atoms with Crippen LogP contribution >= 0.6 is 0 Å². The third-order valence-electron chi connectivity index (χ3n) is 13.6. The molecule has 0 aromatic heterocycles. The normalized spacial score (nSPS) is 13.0. The zero-order valence-corrected chi connectivity index (χ0v) is 51.3. The number of unbranched alkanes of at least 4 members (excludes halogenated alkanes) is 25. The standard InChI is InChI=1S/C73H120O6/c1-4-7-10-13-15-17-19-21-23-25-27-29-31-32-33-34-35-36-37-38-39-40-42-43-45-47-49-51-53-55-57-60-63-66-72(75)78-69-70(68-77-71(74)65-62-59-12-9-6-3)79-73(76)67-64-61-58-56-54-52-50-48-46-44-41-30-28-26-24-22-20-18-16-14-11-8-5-2/h7,10,15,17,21,23,26-29,32-33,35-36,38-39,42-43,47,49,53,55,70H,4-6,8-9,11-14,16,18-20,22,24-25,30-31,34,37,40-41,44-46,48,50-52,54,56-69H2,1-3H3/b10-7-,17-15-,23-21-,28-26-,29-27-,33-32-,36-35-,39-38-,43-42-,49-47-,55-53-. The fraction of sp³-hybridized carbons (Fsp3) is 0.658. The molecule has 0 N–H and O–H groups in total. The number of carbonyl (C=O) groups is 3. The predicted octanol–water partition coefficient (Wildman–Crippen LogP) is 22.5. The van der Waals surface area contributed by atoms with E-state index < -0.39 is 6.10 Å². The van der Waals surface area contributed by atoms with Gasteiger partial charge >= 0.3 is 17.9 Å². The third-order valence-corrected chi connectivity index (χ3v) is 13.6. The molecule has 6 nitrogen and oxygen atoms in total. The fourth-order valence-corrected chi connectivity index (χ4v) is 8.76. The van der Waals surface area contributed by atoms with Crippen molar-refractivity contribution in [2.75, 3.05) is 13.2 Å². The molecule has 1 atom stereocenters. The first-order chi connectivity index (χ1) is 39.0. The van der Waals surface area contributed by atoms with Gasteiger partial charge in [-0.2, -0.15) is 0 Å². The first kappa shape index (κ1) is 74.5. The van der Waals surface area contributed by atoms with Gasteiger partial charge in [0.1, 0.15) is 13.2 Å². The Morgan fingerprint density at radius 2 is 0.494 bits per heavy atom. The highest BCUT2D eigenvalue weighted by Crippen LogP contribution is 2.15. The van der Waals surface area contributed by atoms with Crippen LogP contribution in [0.3, 0.4) is 0 Å². The Bertz CT molecular complexity index is 1680. The van der Waals surface area contributed by atoms with Crippen molar-refractivity contribution in [2.24, 2.45) is 0 Å². The van der Waals surface area contributed by atoms with Crippen molar-refractivity contribution in [2.45, 2.75) is 297 Å². The topological polar surface area (TPSA) is 78.9 Å². The summed E-state index contributed by atoms with van der Waals surface area (Å²) in [6, 6.07) is 0. The summed E-state index contributed by atoms with van der Waals surface area (Å²) in [5.41, 5.74) is 0. The average Bonchev–Trinajstić information content (AvgIpc) is 3.45. The van der Waals surface area contributed by atoms with E-state index in [0.29, 0.717) is 25.7 Å². The van der Waals surface area contributed by atoms with Gasteiger partial charge in [0.2, 0.25) is 0 Å². The molecule has 0 saturated heterocycles. The minimum absolute atomic E-state index is 0.0948. The Balaban J connectivity index is 4.16. The van der Waals surface area contributed by atoms with Gasteiger partial charge < -0.3 is 14.2 Å². The molecular weight excluding hydrogens is 973 g/mol. The van der Waals surface area contributed by atoms with E-state index in [1.54, 1.807) is 0 Å². The third kappa shape index (κ3) is 64.3. The number of hydrogen-bond acceptors (Lipinski definition) is 6. The summed E-state index contributed by atoms with van der Waals surface area (Å²) in [5, 5.41) is 0. The number of allylic oxidation sites excluding steroid dienone is 22. The number of hydrogen-bond donors (Lipinski definition) is 0. The summed E-state index contributed by atoms with van der Waals surface area (Å²) in [4.78, 5) is 37.9. The lowest BCUT2D eigenvalue weighted by atomic mass is 10.0. The van der Waals surface area contributed by atoms with Crippen molar-refractivity contribution in [1.82, 2.24) is 0 Å². The predicted molar refractivity (Wildman–Crippen MR) is 343 cm³/mol. The molecule has 1 unspecified atom stereocenters. The van der Waals surface area contributed by atoms with Gasteiger partial charge in [0.25, 0.3) is 0 Å². The molecule has 0 rings (SSSR count). The van der Waals surface area contributed by atoms with Crippen molar-refractivity contribution in [3.8, 4) is 0 Å². The molecule has 0 aliphatic heterocycles. The van der Waals surface area contributed by atoms with E-state index in [9.17, 15) is 14.4 Å². The monoisotopic (exact) mass is 1090 g/mol. The summed E-state index contributed by atoms with van der Waals surface area (Å²) in [5.74, 6) is -0.954.